The van der Waals surface area contributed by atoms with Gasteiger partial charge in [-0.3, -0.25) is 14.0 Å². The molecule has 0 atom stereocenters. The van der Waals surface area contributed by atoms with E-state index >= 15 is 0 Å². The molecule has 0 radical (unpaired) electrons. The zero-order chi connectivity index (χ0) is 19.5. The van der Waals surface area contributed by atoms with Crippen LogP contribution in [0.15, 0.2) is 71.0 Å². The second kappa shape index (κ2) is 7.84. The van der Waals surface area contributed by atoms with Crippen LogP contribution in [0.3, 0.4) is 0 Å². The van der Waals surface area contributed by atoms with Gasteiger partial charge in [-0.1, -0.05) is 23.7 Å². The van der Waals surface area contributed by atoms with Crippen LogP contribution in [0, 0.1) is 0 Å². The number of thiazole rings is 1. The first-order chi connectivity index (χ1) is 13.6. The van der Waals surface area contributed by atoms with Crippen molar-refractivity contribution < 1.29 is 9.53 Å². The Bertz CT molecular complexity index is 1200. The van der Waals surface area contributed by atoms with Crippen LogP contribution in [0.2, 0.25) is 5.02 Å². The van der Waals surface area contributed by atoms with Gasteiger partial charge in [-0.2, -0.15) is 0 Å². The first-order valence-electron chi connectivity index (χ1n) is 8.35. The van der Waals surface area contributed by atoms with Crippen molar-refractivity contribution in [1.82, 2.24) is 9.38 Å². The van der Waals surface area contributed by atoms with Crippen molar-refractivity contribution in [2.45, 2.75) is 6.61 Å². The molecule has 2 aromatic carbocycles. The largest absolute Gasteiger partial charge is 0.487 e. The highest BCUT2D eigenvalue weighted by molar-refractivity contribution is 7.15. The number of benzene rings is 2. The number of aromatic nitrogens is 2. The maximum atomic E-state index is 12.3. The zero-order valence-electron chi connectivity index (χ0n) is 14.5. The highest BCUT2D eigenvalue weighted by atomic mass is 35.5. The molecule has 0 fully saturated rings. The first kappa shape index (κ1) is 18.2. The third kappa shape index (κ3) is 3.90. The fraction of sp³-hybridized carbons (Fsp3) is 0.0500. The number of rotatable bonds is 5. The van der Waals surface area contributed by atoms with Gasteiger partial charge in [0.25, 0.3) is 11.5 Å². The van der Waals surface area contributed by atoms with Gasteiger partial charge in [0.15, 0.2) is 4.96 Å². The topological polar surface area (TPSA) is 72.7 Å². The molecule has 0 spiro atoms. The molecule has 6 nitrogen and oxygen atoms in total. The second-order valence-corrected chi connectivity index (χ2v) is 7.17. The molecule has 8 heteroatoms. The normalized spacial score (nSPS) is 10.8. The average Bonchev–Trinajstić information content (AvgIpc) is 3.17. The van der Waals surface area contributed by atoms with Crippen molar-refractivity contribution in [2.24, 2.45) is 0 Å². The summed E-state index contributed by atoms with van der Waals surface area (Å²) in [4.78, 5) is 29.3. The maximum absolute atomic E-state index is 12.3. The number of fused-ring (bicyclic) bond motifs is 1. The van der Waals surface area contributed by atoms with E-state index in [4.69, 9.17) is 16.3 Å². The Morgan fingerprint density at radius 3 is 2.75 bits per heavy atom. The van der Waals surface area contributed by atoms with Crippen LogP contribution in [-0.4, -0.2) is 15.3 Å². The number of carbonyl (C=O) groups is 1. The zero-order valence-corrected chi connectivity index (χ0v) is 16.0. The van der Waals surface area contributed by atoms with Gasteiger partial charge in [0.1, 0.15) is 12.4 Å². The Kier molecular flexibility index (Phi) is 5.10. The van der Waals surface area contributed by atoms with Crippen molar-refractivity contribution in [1.29, 1.82) is 0 Å². The molecule has 0 saturated heterocycles. The fourth-order valence-corrected chi connectivity index (χ4v) is 3.56. The van der Waals surface area contributed by atoms with Crippen LogP contribution in [0.1, 0.15) is 16.1 Å². The van der Waals surface area contributed by atoms with Crippen LogP contribution < -0.4 is 15.6 Å². The quantitative estimate of drug-likeness (QED) is 0.533. The summed E-state index contributed by atoms with van der Waals surface area (Å²) in [6.07, 6.45) is 1.69. The predicted molar refractivity (Wildman–Crippen MR) is 110 cm³/mol. The molecule has 1 amide bonds. The van der Waals surface area contributed by atoms with Gasteiger partial charge < -0.3 is 10.1 Å². The Balaban J connectivity index is 1.41. The van der Waals surface area contributed by atoms with Crippen molar-refractivity contribution in [2.75, 3.05) is 5.32 Å². The Morgan fingerprint density at radius 1 is 1.18 bits per heavy atom. The number of anilines is 1. The van der Waals surface area contributed by atoms with Crippen LogP contribution in [-0.2, 0) is 6.61 Å². The highest BCUT2D eigenvalue weighted by Gasteiger charge is 2.10. The fourth-order valence-electron chi connectivity index (χ4n) is 2.60. The lowest BCUT2D eigenvalue weighted by Gasteiger charge is -2.09. The average molecular weight is 412 g/mol. The number of hydrogen-bond donors (Lipinski definition) is 1. The molecule has 0 aliphatic heterocycles. The van der Waals surface area contributed by atoms with Gasteiger partial charge in [-0.05, 0) is 36.4 Å². The van der Waals surface area contributed by atoms with Crippen LogP contribution in [0.5, 0.6) is 5.75 Å². The third-order valence-corrected chi connectivity index (χ3v) is 5.06. The molecule has 2 heterocycles. The molecular formula is C20H14ClN3O3S. The van der Waals surface area contributed by atoms with E-state index in [1.807, 2.05) is 5.38 Å². The molecule has 140 valence electrons. The molecular weight excluding hydrogens is 398 g/mol. The smallest absolute Gasteiger partial charge is 0.258 e. The number of nitrogens with zero attached hydrogens (tertiary/aromatic N) is 2. The Labute approximate surface area is 169 Å². The molecule has 0 aliphatic rings. The molecule has 1 N–H and O–H groups in total. The van der Waals surface area contributed by atoms with Gasteiger partial charge in [0.05, 0.1) is 16.3 Å². The van der Waals surface area contributed by atoms with Gasteiger partial charge in [0, 0.05) is 23.3 Å². The van der Waals surface area contributed by atoms with E-state index in [1.165, 1.54) is 21.8 Å². The maximum Gasteiger partial charge on any atom is 0.258 e. The molecule has 4 rings (SSSR count). The van der Waals surface area contributed by atoms with E-state index < -0.39 is 0 Å². The third-order valence-electron chi connectivity index (χ3n) is 3.97. The first-order valence-corrected chi connectivity index (χ1v) is 9.60. The summed E-state index contributed by atoms with van der Waals surface area (Å²) in [5, 5.41) is 4.99. The molecule has 0 aliphatic carbocycles. The summed E-state index contributed by atoms with van der Waals surface area (Å²) < 4.78 is 7.19. The predicted octanol–water partition coefficient (Wildman–Crippen LogP) is 4.24. The summed E-state index contributed by atoms with van der Waals surface area (Å²) in [7, 11) is 0. The second-order valence-electron chi connectivity index (χ2n) is 5.89. The van der Waals surface area contributed by atoms with Crippen LogP contribution in [0.4, 0.5) is 5.69 Å². The number of nitrogens with one attached hydrogen (secondary N) is 1. The van der Waals surface area contributed by atoms with Crippen molar-refractivity contribution >= 4 is 39.5 Å². The van der Waals surface area contributed by atoms with E-state index in [-0.39, 0.29) is 18.1 Å². The van der Waals surface area contributed by atoms with Crippen molar-refractivity contribution in [3.63, 3.8) is 0 Å². The number of halogens is 1. The standard InChI is InChI=1S/C20H14ClN3O3S/c21-17-4-2-1-3-16(17)19(26)22-13-5-7-15(8-6-13)27-12-14-11-18(25)24-9-10-28-20(24)23-14/h1-11H,12H2,(H,22,26). The monoisotopic (exact) mass is 411 g/mol. The van der Waals surface area contributed by atoms with Crippen molar-refractivity contribution in [3.05, 3.63) is 92.8 Å². The molecule has 28 heavy (non-hydrogen) atoms. The summed E-state index contributed by atoms with van der Waals surface area (Å²) >= 11 is 7.43. The number of hydrogen-bond acceptors (Lipinski definition) is 5. The Morgan fingerprint density at radius 2 is 1.96 bits per heavy atom. The summed E-state index contributed by atoms with van der Waals surface area (Å²) in [5.41, 5.74) is 1.45. The SMILES string of the molecule is O=C(Nc1ccc(OCc2cc(=O)n3ccsc3n2)cc1)c1ccccc1Cl. The van der Waals surface area contributed by atoms with E-state index in [0.29, 0.717) is 32.7 Å². The van der Waals surface area contributed by atoms with Crippen LogP contribution in [0.25, 0.3) is 4.96 Å². The number of carbonyl (C=O) groups excluding carboxylic acids is 1. The van der Waals surface area contributed by atoms with Gasteiger partial charge in [-0.25, -0.2) is 4.98 Å². The lowest BCUT2D eigenvalue weighted by Crippen LogP contribution is -2.14. The van der Waals surface area contributed by atoms with Gasteiger partial charge in [-0.15, -0.1) is 11.3 Å². The van der Waals surface area contributed by atoms with Crippen molar-refractivity contribution in [3.8, 4) is 5.75 Å². The minimum atomic E-state index is -0.284. The van der Waals surface area contributed by atoms with Gasteiger partial charge >= 0.3 is 0 Å². The van der Waals surface area contributed by atoms with Gasteiger partial charge in [0.2, 0.25) is 0 Å². The highest BCUT2D eigenvalue weighted by Crippen LogP contribution is 2.20. The number of ether oxygens (including phenoxy) is 1. The molecule has 0 saturated carbocycles. The van der Waals surface area contributed by atoms with Crippen LogP contribution >= 0.6 is 22.9 Å². The molecule has 2 aromatic heterocycles. The van der Waals surface area contributed by atoms with E-state index in [9.17, 15) is 9.59 Å². The minimum Gasteiger partial charge on any atom is -0.487 e. The Hall–Kier alpha value is -3.16. The lowest BCUT2D eigenvalue weighted by atomic mass is 10.2. The van der Waals surface area contributed by atoms with E-state index in [0.717, 1.165) is 0 Å². The molecule has 4 aromatic rings. The molecule has 0 bridgehead atoms. The summed E-state index contributed by atoms with van der Waals surface area (Å²) in [6.45, 7) is 0.176. The molecule has 0 unspecified atom stereocenters. The number of amides is 1. The minimum absolute atomic E-state index is 0.137. The lowest BCUT2D eigenvalue weighted by molar-refractivity contribution is 0.102. The summed E-state index contributed by atoms with van der Waals surface area (Å²) in [5.74, 6) is 0.317. The summed E-state index contributed by atoms with van der Waals surface area (Å²) in [6, 6.07) is 15.2. The van der Waals surface area contributed by atoms with E-state index in [2.05, 4.69) is 10.3 Å². The van der Waals surface area contributed by atoms with E-state index in [1.54, 1.807) is 54.7 Å².